The van der Waals surface area contributed by atoms with Crippen LogP contribution in [0.25, 0.3) is 10.2 Å². The van der Waals surface area contributed by atoms with E-state index in [2.05, 4.69) is 10.3 Å². The van der Waals surface area contributed by atoms with Gasteiger partial charge in [-0.2, -0.15) is 0 Å². The minimum absolute atomic E-state index is 0.381. The van der Waals surface area contributed by atoms with Crippen LogP contribution in [0.4, 0.5) is 5.69 Å². The van der Waals surface area contributed by atoms with Gasteiger partial charge in [0, 0.05) is 4.88 Å². The van der Waals surface area contributed by atoms with Gasteiger partial charge in [0.25, 0.3) is 5.56 Å². The molecule has 1 amide bonds. The fourth-order valence-corrected chi connectivity index (χ4v) is 3.28. The number of anilines is 1. The Hall–Kier alpha value is -2.38. The van der Waals surface area contributed by atoms with Gasteiger partial charge in [0.2, 0.25) is 5.91 Å². The molecular weight excluding hydrogens is 338 g/mol. The fourth-order valence-electron chi connectivity index (χ4n) is 2.21. The van der Waals surface area contributed by atoms with E-state index < -0.39 is 17.2 Å². The van der Waals surface area contributed by atoms with Crippen molar-refractivity contribution in [2.45, 2.75) is 13.5 Å². The summed E-state index contributed by atoms with van der Waals surface area (Å²) in [5.74, 6) is -0.503. The lowest BCUT2D eigenvalue weighted by atomic mass is 10.3. The predicted molar refractivity (Wildman–Crippen MR) is 91.5 cm³/mol. The zero-order valence-electron chi connectivity index (χ0n) is 12.1. The predicted octanol–water partition coefficient (Wildman–Crippen LogP) is 2.35. The van der Waals surface area contributed by atoms with Crippen molar-refractivity contribution in [3.8, 4) is 0 Å². The molecule has 6 nitrogen and oxygen atoms in total. The Kier molecular flexibility index (Phi) is 4.06. The van der Waals surface area contributed by atoms with Crippen LogP contribution in [0.3, 0.4) is 0 Å². The first-order valence-electron chi connectivity index (χ1n) is 6.73. The van der Waals surface area contributed by atoms with Crippen molar-refractivity contribution < 1.29 is 4.79 Å². The maximum absolute atomic E-state index is 12.4. The average Bonchev–Trinajstić information content (AvgIpc) is 2.86. The van der Waals surface area contributed by atoms with E-state index >= 15 is 0 Å². The Bertz CT molecular complexity index is 1020. The number of hydrogen-bond donors (Lipinski definition) is 2. The molecule has 0 atom stereocenters. The van der Waals surface area contributed by atoms with Crippen molar-refractivity contribution in [1.29, 1.82) is 0 Å². The number of aromatic nitrogens is 2. The number of thiophene rings is 1. The summed E-state index contributed by atoms with van der Waals surface area (Å²) in [6.07, 6.45) is 0. The molecule has 118 valence electrons. The molecule has 3 rings (SSSR count). The molecule has 0 saturated heterocycles. The average molecular weight is 350 g/mol. The van der Waals surface area contributed by atoms with Crippen LogP contribution in [0.1, 0.15) is 4.88 Å². The van der Waals surface area contributed by atoms with E-state index in [-0.39, 0.29) is 6.54 Å². The van der Waals surface area contributed by atoms with Crippen LogP contribution in [0.15, 0.2) is 39.9 Å². The number of para-hydroxylation sites is 1. The molecule has 3 aromatic rings. The fraction of sp³-hybridized carbons (Fsp3) is 0.133. The molecule has 0 aliphatic heterocycles. The summed E-state index contributed by atoms with van der Waals surface area (Å²) in [5, 5.41) is 3.37. The third-order valence-corrected chi connectivity index (χ3v) is 4.54. The minimum atomic E-state index is -0.612. The van der Waals surface area contributed by atoms with Gasteiger partial charge in [-0.3, -0.25) is 19.1 Å². The third kappa shape index (κ3) is 3.06. The van der Waals surface area contributed by atoms with E-state index in [1.807, 2.05) is 6.92 Å². The van der Waals surface area contributed by atoms with Crippen LogP contribution in [0, 0.1) is 6.92 Å². The van der Waals surface area contributed by atoms with Gasteiger partial charge in [-0.15, -0.1) is 11.3 Å². The molecule has 0 fully saturated rings. The van der Waals surface area contributed by atoms with Crippen molar-refractivity contribution in [3.05, 3.63) is 61.1 Å². The lowest BCUT2D eigenvalue weighted by Gasteiger charge is -2.08. The molecule has 0 unspecified atom stereocenters. The highest BCUT2D eigenvalue weighted by atomic mass is 35.5. The Balaban J connectivity index is 1.92. The van der Waals surface area contributed by atoms with Gasteiger partial charge in [0.15, 0.2) is 0 Å². The van der Waals surface area contributed by atoms with Gasteiger partial charge in [-0.25, -0.2) is 4.79 Å². The number of amides is 1. The highest BCUT2D eigenvalue weighted by Crippen LogP contribution is 2.20. The quantitative estimate of drug-likeness (QED) is 0.761. The summed E-state index contributed by atoms with van der Waals surface area (Å²) < 4.78 is 0.876. The SMILES string of the molecule is Cc1cc2c(=O)n(CC(=O)Nc3ccccc3Cl)c(=O)[nH]c2s1. The van der Waals surface area contributed by atoms with Gasteiger partial charge in [0.1, 0.15) is 11.4 Å². The topological polar surface area (TPSA) is 84.0 Å². The molecule has 0 bridgehead atoms. The number of aromatic amines is 1. The second kappa shape index (κ2) is 6.02. The number of benzene rings is 1. The van der Waals surface area contributed by atoms with E-state index in [9.17, 15) is 14.4 Å². The number of nitrogens with zero attached hydrogens (tertiary/aromatic N) is 1. The van der Waals surface area contributed by atoms with Crippen LogP contribution < -0.4 is 16.6 Å². The standard InChI is InChI=1S/C15H12ClN3O3S/c1-8-6-9-13(23-8)18-15(22)19(14(9)21)7-12(20)17-11-5-3-2-4-10(11)16/h2-6H,7H2,1H3,(H,17,20)(H,18,22). The van der Waals surface area contributed by atoms with Crippen LogP contribution in [-0.4, -0.2) is 15.5 Å². The van der Waals surface area contributed by atoms with Gasteiger partial charge in [-0.05, 0) is 25.1 Å². The Morgan fingerprint density at radius 3 is 2.83 bits per heavy atom. The first-order chi connectivity index (χ1) is 11.0. The first-order valence-corrected chi connectivity index (χ1v) is 7.93. The van der Waals surface area contributed by atoms with E-state index in [1.165, 1.54) is 11.3 Å². The van der Waals surface area contributed by atoms with E-state index in [4.69, 9.17) is 11.6 Å². The second-order valence-corrected chi connectivity index (χ2v) is 6.61. The van der Waals surface area contributed by atoms with Crippen molar-refractivity contribution in [2.24, 2.45) is 0 Å². The molecule has 0 radical (unpaired) electrons. The van der Waals surface area contributed by atoms with Crippen molar-refractivity contribution in [1.82, 2.24) is 9.55 Å². The molecule has 0 aliphatic carbocycles. The summed E-state index contributed by atoms with van der Waals surface area (Å²) in [5.41, 5.74) is -0.669. The highest BCUT2D eigenvalue weighted by molar-refractivity contribution is 7.18. The number of fused-ring (bicyclic) bond motifs is 1. The van der Waals surface area contributed by atoms with Gasteiger partial charge >= 0.3 is 5.69 Å². The number of nitrogens with one attached hydrogen (secondary N) is 2. The van der Waals surface area contributed by atoms with Gasteiger partial charge in [-0.1, -0.05) is 23.7 Å². The lowest BCUT2D eigenvalue weighted by molar-refractivity contribution is -0.116. The molecule has 1 aromatic carbocycles. The number of carbonyl (C=O) groups excluding carboxylic acids is 1. The molecule has 2 N–H and O–H groups in total. The number of hydrogen-bond acceptors (Lipinski definition) is 4. The summed E-state index contributed by atoms with van der Waals surface area (Å²) in [7, 11) is 0. The van der Waals surface area contributed by atoms with Crippen LogP contribution >= 0.6 is 22.9 Å². The minimum Gasteiger partial charge on any atom is -0.323 e. The van der Waals surface area contributed by atoms with E-state index in [0.717, 1.165) is 9.44 Å². The van der Waals surface area contributed by atoms with Gasteiger partial charge in [0.05, 0.1) is 16.1 Å². The normalized spacial score (nSPS) is 10.9. The lowest BCUT2D eigenvalue weighted by Crippen LogP contribution is -2.38. The number of halogens is 1. The molecule has 2 aromatic heterocycles. The molecular formula is C15H12ClN3O3S. The molecule has 8 heteroatoms. The summed E-state index contributed by atoms with van der Waals surface area (Å²) in [4.78, 5) is 40.5. The number of aryl methyl sites for hydroxylation is 1. The summed E-state index contributed by atoms with van der Waals surface area (Å²) in [6, 6.07) is 8.43. The Morgan fingerprint density at radius 1 is 1.35 bits per heavy atom. The summed E-state index contributed by atoms with van der Waals surface area (Å²) >= 11 is 7.29. The first kappa shape index (κ1) is 15.5. The zero-order valence-corrected chi connectivity index (χ0v) is 13.6. The van der Waals surface area contributed by atoms with E-state index in [1.54, 1.807) is 30.3 Å². The van der Waals surface area contributed by atoms with Crippen LogP contribution in [0.5, 0.6) is 0 Å². The van der Waals surface area contributed by atoms with Crippen molar-refractivity contribution in [3.63, 3.8) is 0 Å². The molecule has 0 aliphatic rings. The Labute approximate surface area is 139 Å². The van der Waals surface area contributed by atoms with Crippen molar-refractivity contribution in [2.75, 3.05) is 5.32 Å². The molecule has 0 spiro atoms. The second-order valence-electron chi connectivity index (χ2n) is 4.95. The number of carbonyl (C=O) groups is 1. The third-order valence-electron chi connectivity index (χ3n) is 3.25. The maximum atomic E-state index is 12.4. The van der Waals surface area contributed by atoms with E-state index in [0.29, 0.717) is 20.9 Å². The number of rotatable bonds is 3. The maximum Gasteiger partial charge on any atom is 0.329 e. The zero-order chi connectivity index (χ0) is 16.6. The molecule has 0 saturated carbocycles. The number of H-pyrrole nitrogens is 1. The molecule has 2 heterocycles. The smallest absolute Gasteiger partial charge is 0.323 e. The summed E-state index contributed by atoms with van der Waals surface area (Å²) in [6.45, 7) is 1.46. The molecule has 23 heavy (non-hydrogen) atoms. The highest BCUT2D eigenvalue weighted by Gasteiger charge is 2.13. The largest absolute Gasteiger partial charge is 0.329 e. The van der Waals surface area contributed by atoms with Crippen LogP contribution in [-0.2, 0) is 11.3 Å². The van der Waals surface area contributed by atoms with Crippen molar-refractivity contribution >= 4 is 44.7 Å². The monoisotopic (exact) mass is 349 g/mol. The Morgan fingerprint density at radius 2 is 2.09 bits per heavy atom. The van der Waals surface area contributed by atoms with Crippen LogP contribution in [0.2, 0.25) is 5.02 Å². The van der Waals surface area contributed by atoms with Gasteiger partial charge < -0.3 is 5.32 Å².